The molecule has 2 N–H and O–H groups in total. The monoisotopic (exact) mass is 345 g/mol. The number of carbonyl (C=O) groups excluding carboxylic acids is 1. The van der Waals surface area contributed by atoms with Gasteiger partial charge in [0.2, 0.25) is 5.91 Å². The van der Waals surface area contributed by atoms with Gasteiger partial charge in [0, 0.05) is 0 Å². The number of rotatable bonds is 8. The van der Waals surface area contributed by atoms with Gasteiger partial charge in [-0.1, -0.05) is 24.3 Å². The minimum Gasteiger partial charge on any atom is -0.494 e. The van der Waals surface area contributed by atoms with E-state index in [4.69, 9.17) is 9.84 Å². The van der Waals surface area contributed by atoms with Crippen molar-refractivity contribution in [3.63, 3.8) is 0 Å². The van der Waals surface area contributed by atoms with Gasteiger partial charge >= 0.3 is 5.97 Å². The van der Waals surface area contributed by atoms with E-state index in [2.05, 4.69) is 5.32 Å². The molecular formula is C19H20FNO4. The summed E-state index contributed by atoms with van der Waals surface area (Å²) >= 11 is 0. The molecule has 1 atom stereocenters. The van der Waals surface area contributed by atoms with Gasteiger partial charge in [0.1, 0.15) is 11.6 Å². The molecular weight excluding hydrogens is 325 g/mol. The van der Waals surface area contributed by atoms with Crippen LogP contribution in [0.4, 0.5) is 4.39 Å². The lowest BCUT2D eigenvalue weighted by molar-refractivity contribution is -0.137. The highest BCUT2D eigenvalue weighted by Gasteiger charge is 2.18. The lowest BCUT2D eigenvalue weighted by Crippen LogP contribution is -2.31. The van der Waals surface area contributed by atoms with Crippen molar-refractivity contribution in [1.82, 2.24) is 5.32 Å². The number of hydrogen-bond donors (Lipinski definition) is 2. The van der Waals surface area contributed by atoms with Crippen molar-refractivity contribution >= 4 is 11.9 Å². The van der Waals surface area contributed by atoms with Crippen molar-refractivity contribution in [2.75, 3.05) is 6.61 Å². The van der Waals surface area contributed by atoms with Gasteiger partial charge in [-0.05, 0) is 42.3 Å². The van der Waals surface area contributed by atoms with Crippen LogP contribution < -0.4 is 10.1 Å². The van der Waals surface area contributed by atoms with Crippen molar-refractivity contribution in [3.05, 3.63) is 65.5 Å². The van der Waals surface area contributed by atoms with Gasteiger partial charge in [-0.15, -0.1) is 0 Å². The third-order valence-electron chi connectivity index (χ3n) is 3.59. The van der Waals surface area contributed by atoms with E-state index in [9.17, 15) is 14.0 Å². The number of nitrogens with one attached hydrogen (secondary N) is 1. The van der Waals surface area contributed by atoms with Crippen molar-refractivity contribution in [2.24, 2.45) is 0 Å². The minimum absolute atomic E-state index is 0.115. The number of amides is 1. The fourth-order valence-electron chi connectivity index (χ4n) is 2.42. The predicted molar refractivity (Wildman–Crippen MR) is 90.9 cm³/mol. The van der Waals surface area contributed by atoms with E-state index in [0.717, 1.165) is 11.3 Å². The van der Waals surface area contributed by atoms with Crippen LogP contribution in [0.2, 0.25) is 0 Å². The zero-order valence-electron chi connectivity index (χ0n) is 13.9. The first-order chi connectivity index (χ1) is 12.0. The van der Waals surface area contributed by atoms with Crippen LogP contribution in [-0.4, -0.2) is 23.6 Å². The summed E-state index contributed by atoms with van der Waals surface area (Å²) < 4.78 is 18.4. The number of halogens is 1. The molecule has 5 nitrogen and oxygen atoms in total. The molecule has 0 bridgehead atoms. The number of carboxylic acid groups (broad SMARTS) is 1. The Balaban J connectivity index is 2.03. The molecule has 0 aliphatic carbocycles. The molecule has 0 aliphatic heterocycles. The summed E-state index contributed by atoms with van der Waals surface area (Å²) in [7, 11) is 0. The van der Waals surface area contributed by atoms with E-state index < -0.39 is 17.8 Å². The molecule has 0 fully saturated rings. The van der Waals surface area contributed by atoms with Gasteiger partial charge in [0.25, 0.3) is 0 Å². The van der Waals surface area contributed by atoms with Crippen LogP contribution >= 0.6 is 0 Å². The summed E-state index contributed by atoms with van der Waals surface area (Å²) in [5, 5.41) is 11.7. The summed E-state index contributed by atoms with van der Waals surface area (Å²) in [5.41, 5.74) is 1.33. The fourth-order valence-corrected chi connectivity index (χ4v) is 2.42. The van der Waals surface area contributed by atoms with Gasteiger partial charge in [-0.2, -0.15) is 0 Å². The van der Waals surface area contributed by atoms with Gasteiger partial charge < -0.3 is 15.2 Å². The quantitative estimate of drug-likeness (QED) is 0.771. The Morgan fingerprint density at radius 2 is 1.76 bits per heavy atom. The Labute approximate surface area is 145 Å². The molecule has 0 aromatic heterocycles. The molecule has 2 rings (SSSR count). The molecule has 2 aromatic rings. The second kappa shape index (κ2) is 8.82. The number of ether oxygens (including phenoxy) is 1. The fraction of sp³-hybridized carbons (Fsp3) is 0.263. The summed E-state index contributed by atoms with van der Waals surface area (Å²) in [6.07, 6.45) is -0.162. The Bertz CT molecular complexity index is 713. The maximum Gasteiger partial charge on any atom is 0.305 e. The molecule has 0 spiro atoms. The van der Waals surface area contributed by atoms with Gasteiger partial charge in [-0.3, -0.25) is 9.59 Å². The summed E-state index contributed by atoms with van der Waals surface area (Å²) in [5.74, 6) is -1.05. The minimum atomic E-state index is -1.05. The zero-order valence-corrected chi connectivity index (χ0v) is 13.9. The number of benzene rings is 2. The summed E-state index contributed by atoms with van der Waals surface area (Å²) in [4.78, 5) is 23.3. The SMILES string of the molecule is CCOc1ccc(CC(=O)NC(CC(=O)O)c2ccc(F)cc2)cc1. The highest BCUT2D eigenvalue weighted by molar-refractivity contribution is 5.80. The lowest BCUT2D eigenvalue weighted by atomic mass is 10.0. The van der Waals surface area contributed by atoms with Crippen LogP contribution in [0.1, 0.15) is 30.5 Å². The van der Waals surface area contributed by atoms with Gasteiger partial charge in [0.05, 0.1) is 25.5 Å². The molecule has 25 heavy (non-hydrogen) atoms. The second-order valence-electron chi connectivity index (χ2n) is 5.52. The second-order valence-corrected chi connectivity index (χ2v) is 5.52. The van der Waals surface area contributed by atoms with Crippen molar-refractivity contribution in [1.29, 1.82) is 0 Å². The first kappa shape index (κ1) is 18.4. The Morgan fingerprint density at radius 1 is 1.12 bits per heavy atom. The predicted octanol–water partition coefficient (Wildman–Crippen LogP) is 3.10. The van der Waals surface area contributed by atoms with Gasteiger partial charge in [0.15, 0.2) is 0 Å². The smallest absolute Gasteiger partial charge is 0.305 e. The molecule has 132 valence electrons. The Morgan fingerprint density at radius 3 is 2.32 bits per heavy atom. The number of carbonyl (C=O) groups is 2. The van der Waals surface area contributed by atoms with Crippen LogP contribution in [0.3, 0.4) is 0 Å². The first-order valence-corrected chi connectivity index (χ1v) is 7.96. The van der Waals surface area contributed by atoms with Crippen LogP contribution in [0.15, 0.2) is 48.5 Å². The number of hydrogen-bond acceptors (Lipinski definition) is 3. The average Bonchev–Trinajstić information content (AvgIpc) is 2.56. The molecule has 0 radical (unpaired) electrons. The normalized spacial score (nSPS) is 11.6. The average molecular weight is 345 g/mol. The number of aliphatic carboxylic acids is 1. The van der Waals surface area contributed by atoms with Gasteiger partial charge in [-0.25, -0.2) is 4.39 Å². The van der Waals surface area contributed by atoms with E-state index >= 15 is 0 Å². The molecule has 0 heterocycles. The standard InChI is InChI=1S/C19H20FNO4/c1-2-25-16-9-3-13(4-10-16)11-18(22)21-17(12-19(23)24)14-5-7-15(20)8-6-14/h3-10,17H,2,11-12H2,1H3,(H,21,22)(H,23,24). The van der Waals surface area contributed by atoms with Crippen LogP contribution in [0.5, 0.6) is 5.75 Å². The Kier molecular flexibility index (Phi) is 6.51. The first-order valence-electron chi connectivity index (χ1n) is 7.96. The highest BCUT2D eigenvalue weighted by Crippen LogP contribution is 2.18. The van der Waals surface area contributed by atoms with E-state index in [1.165, 1.54) is 24.3 Å². The number of carboxylic acids is 1. The topological polar surface area (TPSA) is 75.6 Å². The van der Waals surface area contributed by atoms with E-state index in [0.29, 0.717) is 12.2 Å². The molecule has 0 saturated heterocycles. The molecule has 1 amide bonds. The molecule has 2 aromatic carbocycles. The van der Waals surface area contributed by atoms with E-state index in [-0.39, 0.29) is 18.7 Å². The molecule has 1 unspecified atom stereocenters. The lowest BCUT2D eigenvalue weighted by Gasteiger charge is -2.17. The summed E-state index contributed by atoms with van der Waals surface area (Å²) in [6, 6.07) is 11.8. The highest BCUT2D eigenvalue weighted by atomic mass is 19.1. The largest absolute Gasteiger partial charge is 0.494 e. The summed E-state index contributed by atoms with van der Waals surface area (Å²) in [6.45, 7) is 2.45. The molecule has 0 aliphatic rings. The van der Waals surface area contributed by atoms with E-state index in [1.54, 1.807) is 24.3 Å². The molecule has 0 saturated carbocycles. The molecule has 6 heteroatoms. The third kappa shape index (κ3) is 5.91. The van der Waals surface area contributed by atoms with Crippen molar-refractivity contribution < 1.29 is 23.8 Å². The van der Waals surface area contributed by atoms with Crippen molar-refractivity contribution in [2.45, 2.75) is 25.8 Å². The van der Waals surface area contributed by atoms with Crippen molar-refractivity contribution in [3.8, 4) is 5.75 Å². The van der Waals surface area contributed by atoms with E-state index in [1.807, 2.05) is 6.92 Å². The zero-order chi connectivity index (χ0) is 18.2. The maximum absolute atomic E-state index is 13.0. The maximum atomic E-state index is 13.0. The van der Waals surface area contributed by atoms with Crippen LogP contribution in [0, 0.1) is 5.82 Å². The van der Waals surface area contributed by atoms with Crippen LogP contribution in [0.25, 0.3) is 0 Å². The van der Waals surface area contributed by atoms with Crippen LogP contribution in [-0.2, 0) is 16.0 Å². The Hall–Kier alpha value is -2.89. The third-order valence-corrected chi connectivity index (χ3v) is 3.59.